The molecule has 0 spiro atoms. The third-order valence-electron chi connectivity index (χ3n) is 4.98. The molecule has 29 heavy (non-hydrogen) atoms. The number of halogens is 2. The Bertz CT molecular complexity index is 981. The molecule has 0 bridgehead atoms. The molecule has 4 nitrogen and oxygen atoms in total. The number of carbonyl (C=O) groups excluding carboxylic acids is 1. The summed E-state index contributed by atoms with van der Waals surface area (Å²) in [6.45, 7) is 2.60. The molecule has 3 aromatic rings. The van der Waals surface area contributed by atoms with Gasteiger partial charge >= 0.3 is 0 Å². The summed E-state index contributed by atoms with van der Waals surface area (Å²) in [5.41, 5.74) is 2.77. The number of amides is 1. The lowest BCUT2D eigenvalue weighted by Gasteiger charge is -2.19. The average molecular weight is 413 g/mol. The van der Waals surface area contributed by atoms with Gasteiger partial charge in [0, 0.05) is 37.5 Å². The van der Waals surface area contributed by atoms with E-state index in [2.05, 4.69) is 15.2 Å². The molecule has 2 aromatic carbocycles. The lowest BCUT2D eigenvalue weighted by Crippen LogP contribution is -2.26. The average Bonchev–Trinajstić information content (AvgIpc) is 3.06. The minimum atomic E-state index is -0.825. The molecule has 4 rings (SSSR count). The van der Waals surface area contributed by atoms with Crippen LogP contribution in [0.15, 0.2) is 48.5 Å². The summed E-state index contributed by atoms with van der Waals surface area (Å²) in [6.07, 6.45) is 1.53. The maximum atomic E-state index is 13.4. The van der Waals surface area contributed by atoms with E-state index in [0.29, 0.717) is 18.1 Å². The van der Waals surface area contributed by atoms with E-state index in [4.69, 9.17) is 0 Å². The Morgan fingerprint density at radius 1 is 1.03 bits per heavy atom. The minimum Gasteiger partial charge on any atom is -0.346 e. The molecule has 150 valence electrons. The molecule has 7 heteroatoms. The highest BCUT2D eigenvalue weighted by atomic mass is 32.1. The van der Waals surface area contributed by atoms with Crippen LogP contribution in [-0.4, -0.2) is 28.9 Å². The first kappa shape index (κ1) is 19.7. The van der Waals surface area contributed by atoms with Crippen LogP contribution in [0.1, 0.15) is 31.5 Å². The number of nitrogens with zero attached hydrogens (tertiary/aromatic N) is 2. The Morgan fingerprint density at radius 3 is 2.62 bits per heavy atom. The van der Waals surface area contributed by atoms with E-state index in [1.165, 1.54) is 23.5 Å². The first-order valence-corrected chi connectivity index (χ1v) is 10.4. The molecular formula is C22H21F2N3OS. The predicted octanol–water partition coefficient (Wildman–Crippen LogP) is 3.95. The second-order valence-electron chi connectivity index (χ2n) is 7.08. The van der Waals surface area contributed by atoms with E-state index in [1.807, 2.05) is 30.3 Å². The van der Waals surface area contributed by atoms with Gasteiger partial charge in [-0.2, -0.15) is 0 Å². The van der Waals surface area contributed by atoms with Gasteiger partial charge in [0.1, 0.15) is 0 Å². The van der Waals surface area contributed by atoms with Gasteiger partial charge in [0.25, 0.3) is 5.91 Å². The Balaban J connectivity index is 1.35. The van der Waals surface area contributed by atoms with Crippen molar-refractivity contribution in [2.24, 2.45) is 0 Å². The summed E-state index contributed by atoms with van der Waals surface area (Å²) < 4.78 is 26.5. The summed E-state index contributed by atoms with van der Waals surface area (Å²) in [7, 11) is 0. The second kappa shape index (κ2) is 8.80. The van der Waals surface area contributed by atoms with Crippen molar-refractivity contribution in [3.8, 4) is 0 Å². The fourth-order valence-electron chi connectivity index (χ4n) is 3.41. The van der Waals surface area contributed by atoms with Crippen LogP contribution in [0, 0.1) is 11.6 Å². The van der Waals surface area contributed by atoms with E-state index in [0.717, 1.165) is 47.6 Å². The first-order valence-electron chi connectivity index (χ1n) is 9.55. The number of aromatic nitrogens is 1. The van der Waals surface area contributed by atoms with E-state index in [9.17, 15) is 13.6 Å². The van der Waals surface area contributed by atoms with Gasteiger partial charge in [-0.15, -0.1) is 11.3 Å². The zero-order chi connectivity index (χ0) is 20.2. The van der Waals surface area contributed by atoms with Crippen LogP contribution in [0.4, 0.5) is 8.78 Å². The fraction of sp³-hybridized carbons (Fsp3) is 0.273. The maximum absolute atomic E-state index is 13.4. The molecule has 0 radical (unpaired) electrons. The summed E-state index contributed by atoms with van der Waals surface area (Å²) in [5.74, 6) is -1.79. The van der Waals surface area contributed by atoms with E-state index in [1.54, 1.807) is 6.07 Å². The molecule has 1 amide bonds. The topological polar surface area (TPSA) is 45.2 Å². The van der Waals surface area contributed by atoms with Gasteiger partial charge in [-0.05, 0) is 29.7 Å². The number of hydrogen-bond acceptors (Lipinski definition) is 4. The van der Waals surface area contributed by atoms with Crippen molar-refractivity contribution in [2.45, 2.75) is 25.9 Å². The molecule has 0 saturated heterocycles. The van der Waals surface area contributed by atoms with Crippen molar-refractivity contribution in [3.63, 3.8) is 0 Å². The third-order valence-corrected chi connectivity index (χ3v) is 6.13. The number of benzene rings is 2. The van der Waals surface area contributed by atoms with Gasteiger partial charge < -0.3 is 5.32 Å². The number of rotatable bonds is 5. The normalized spacial score (nSPS) is 14.3. The van der Waals surface area contributed by atoms with Crippen LogP contribution in [-0.2, 0) is 25.9 Å². The van der Waals surface area contributed by atoms with E-state index in [-0.39, 0.29) is 5.91 Å². The van der Waals surface area contributed by atoms with Gasteiger partial charge in [0.15, 0.2) is 16.6 Å². The Labute approximate surface area is 172 Å². The third kappa shape index (κ3) is 4.86. The van der Waals surface area contributed by atoms with Crippen LogP contribution in [0.5, 0.6) is 0 Å². The Morgan fingerprint density at radius 2 is 1.83 bits per heavy atom. The highest BCUT2D eigenvalue weighted by Crippen LogP contribution is 2.24. The maximum Gasteiger partial charge on any atom is 0.280 e. The van der Waals surface area contributed by atoms with Gasteiger partial charge in [-0.25, -0.2) is 13.8 Å². The summed E-state index contributed by atoms with van der Waals surface area (Å²) in [4.78, 5) is 20.3. The van der Waals surface area contributed by atoms with Crippen molar-refractivity contribution in [1.29, 1.82) is 0 Å². The molecule has 1 aromatic heterocycles. The van der Waals surface area contributed by atoms with Crippen molar-refractivity contribution in [2.75, 3.05) is 13.1 Å². The number of fused-ring (bicyclic) bond motifs is 1. The first-order chi connectivity index (χ1) is 14.1. The molecule has 1 aliphatic heterocycles. The number of nitrogens with one attached hydrogen (secondary N) is 1. The lowest BCUT2D eigenvalue weighted by molar-refractivity contribution is 0.0950. The number of hydrogen-bond donors (Lipinski definition) is 1. The van der Waals surface area contributed by atoms with Crippen LogP contribution in [0.2, 0.25) is 0 Å². The van der Waals surface area contributed by atoms with Gasteiger partial charge in [0.2, 0.25) is 0 Å². The Kier molecular flexibility index (Phi) is 5.97. The second-order valence-corrected chi connectivity index (χ2v) is 8.17. The molecule has 0 fully saturated rings. The van der Waals surface area contributed by atoms with Crippen LogP contribution in [0.3, 0.4) is 0 Å². The van der Waals surface area contributed by atoms with Crippen molar-refractivity contribution in [1.82, 2.24) is 15.2 Å². The fourth-order valence-corrected chi connectivity index (χ4v) is 4.43. The highest BCUT2D eigenvalue weighted by molar-refractivity contribution is 7.13. The monoisotopic (exact) mass is 413 g/mol. The summed E-state index contributed by atoms with van der Waals surface area (Å²) >= 11 is 1.45. The largest absolute Gasteiger partial charge is 0.346 e. The summed E-state index contributed by atoms with van der Waals surface area (Å²) in [6, 6.07) is 13.8. The van der Waals surface area contributed by atoms with Crippen LogP contribution < -0.4 is 5.32 Å². The van der Waals surface area contributed by atoms with Gasteiger partial charge in [-0.1, -0.05) is 36.4 Å². The molecule has 2 heterocycles. The minimum absolute atomic E-state index is 0.148. The van der Waals surface area contributed by atoms with Crippen molar-refractivity contribution >= 4 is 17.2 Å². The molecule has 0 aliphatic carbocycles. The molecular weight excluding hydrogens is 392 g/mol. The number of thiazole rings is 1. The van der Waals surface area contributed by atoms with E-state index < -0.39 is 11.6 Å². The number of carbonyl (C=O) groups is 1. The SMILES string of the molecule is O=C(NCc1ccccc1)c1nc2c(s1)CCN(Cc1ccc(F)c(F)c1)CC2. The predicted molar refractivity (Wildman–Crippen MR) is 109 cm³/mol. The van der Waals surface area contributed by atoms with Crippen molar-refractivity contribution < 1.29 is 13.6 Å². The molecule has 1 N–H and O–H groups in total. The molecule has 1 aliphatic rings. The highest BCUT2D eigenvalue weighted by Gasteiger charge is 2.21. The molecule has 0 unspecified atom stereocenters. The molecule has 0 atom stereocenters. The lowest BCUT2D eigenvalue weighted by atomic mass is 10.2. The van der Waals surface area contributed by atoms with Gasteiger partial charge in [-0.3, -0.25) is 9.69 Å². The quantitative estimate of drug-likeness (QED) is 0.689. The summed E-state index contributed by atoms with van der Waals surface area (Å²) in [5, 5.41) is 3.42. The standard InChI is InChI=1S/C22H21F2N3OS/c23-17-7-6-16(12-18(17)24)14-27-10-8-19-20(9-11-27)29-22(26-19)21(28)25-13-15-4-2-1-3-5-15/h1-7,12H,8-11,13-14H2,(H,25,28). The molecule has 0 saturated carbocycles. The van der Waals surface area contributed by atoms with E-state index >= 15 is 0 Å². The smallest absolute Gasteiger partial charge is 0.280 e. The van der Waals surface area contributed by atoms with Crippen molar-refractivity contribution in [3.05, 3.63) is 86.9 Å². The van der Waals surface area contributed by atoms with Gasteiger partial charge in [0.05, 0.1) is 5.69 Å². The zero-order valence-electron chi connectivity index (χ0n) is 15.8. The van der Waals surface area contributed by atoms with Crippen LogP contribution in [0.25, 0.3) is 0 Å². The van der Waals surface area contributed by atoms with Crippen LogP contribution >= 0.6 is 11.3 Å². The Hall–Kier alpha value is -2.64. The zero-order valence-corrected chi connectivity index (χ0v) is 16.6.